The van der Waals surface area contributed by atoms with Gasteiger partial charge in [-0.25, -0.2) is 4.98 Å². The third kappa shape index (κ3) is 3.46. The number of amides is 1. The molecular weight excluding hydrogens is 298 g/mol. The fourth-order valence-electron chi connectivity index (χ4n) is 1.69. The van der Waals surface area contributed by atoms with E-state index < -0.39 is 16.6 Å². The average molecular weight is 308 g/mol. The standard InChI is InChI=1S/C13H10ClN3O4/c1-7-4-8(5-12(14)15-7)13(19)16-10-3-2-9(17(20)21)6-11(10)18/h2-6,18H,1H3,(H,16,19). The molecule has 0 saturated carbocycles. The number of aromatic nitrogens is 1. The van der Waals surface area contributed by atoms with Crippen LogP contribution >= 0.6 is 11.6 Å². The molecule has 0 spiro atoms. The number of carbonyl (C=O) groups excluding carboxylic acids is 1. The number of phenols is 1. The molecule has 8 heteroatoms. The van der Waals surface area contributed by atoms with Crippen molar-refractivity contribution in [1.29, 1.82) is 0 Å². The summed E-state index contributed by atoms with van der Waals surface area (Å²) in [6, 6.07) is 6.30. The number of benzene rings is 1. The number of pyridine rings is 1. The van der Waals surface area contributed by atoms with Gasteiger partial charge >= 0.3 is 0 Å². The lowest BCUT2D eigenvalue weighted by Crippen LogP contribution is -2.12. The number of halogens is 1. The van der Waals surface area contributed by atoms with Crippen LogP contribution in [-0.4, -0.2) is 20.9 Å². The molecule has 0 bridgehead atoms. The number of hydrogen-bond donors (Lipinski definition) is 2. The van der Waals surface area contributed by atoms with Gasteiger partial charge in [-0.05, 0) is 25.1 Å². The van der Waals surface area contributed by atoms with E-state index in [0.29, 0.717) is 5.69 Å². The number of hydrogen-bond acceptors (Lipinski definition) is 5. The van der Waals surface area contributed by atoms with E-state index in [4.69, 9.17) is 11.6 Å². The van der Waals surface area contributed by atoms with Gasteiger partial charge in [-0.1, -0.05) is 11.6 Å². The molecule has 21 heavy (non-hydrogen) atoms. The number of nitro groups is 1. The van der Waals surface area contributed by atoms with E-state index in [0.717, 1.165) is 6.07 Å². The maximum Gasteiger partial charge on any atom is 0.273 e. The zero-order valence-electron chi connectivity index (χ0n) is 10.8. The van der Waals surface area contributed by atoms with Crippen molar-refractivity contribution in [1.82, 2.24) is 4.98 Å². The summed E-state index contributed by atoms with van der Waals surface area (Å²) in [5, 5.41) is 22.9. The SMILES string of the molecule is Cc1cc(C(=O)Nc2ccc([N+](=O)[O-])cc2O)cc(Cl)n1. The van der Waals surface area contributed by atoms with Gasteiger partial charge in [0.25, 0.3) is 11.6 Å². The lowest BCUT2D eigenvalue weighted by molar-refractivity contribution is -0.384. The quantitative estimate of drug-likeness (QED) is 0.392. The predicted molar refractivity (Wildman–Crippen MR) is 76.7 cm³/mol. The monoisotopic (exact) mass is 307 g/mol. The molecule has 0 aliphatic heterocycles. The first-order valence-corrected chi connectivity index (χ1v) is 6.17. The first-order chi connectivity index (χ1) is 9.86. The van der Waals surface area contributed by atoms with Gasteiger partial charge in [-0.3, -0.25) is 14.9 Å². The van der Waals surface area contributed by atoms with Crippen LogP contribution in [0.15, 0.2) is 30.3 Å². The van der Waals surface area contributed by atoms with Gasteiger partial charge in [-0.2, -0.15) is 0 Å². The van der Waals surface area contributed by atoms with E-state index in [1.807, 2.05) is 0 Å². The van der Waals surface area contributed by atoms with Gasteiger partial charge in [0.05, 0.1) is 16.7 Å². The minimum Gasteiger partial charge on any atom is -0.506 e. The lowest BCUT2D eigenvalue weighted by atomic mass is 10.2. The minimum absolute atomic E-state index is 0.0659. The first-order valence-electron chi connectivity index (χ1n) is 5.80. The van der Waals surface area contributed by atoms with Crippen LogP contribution in [0.25, 0.3) is 0 Å². The Morgan fingerprint density at radius 3 is 2.67 bits per heavy atom. The number of carbonyl (C=O) groups is 1. The van der Waals surface area contributed by atoms with Crippen molar-refractivity contribution in [2.45, 2.75) is 6.92 Å². The van der Waals surface area contributed by atoms with E-state index >= 15 is 0 Å². The Morgan fingerprint density at radius 2 is 2.10 bits per heavy atom. The van der Waals surface area contributed by atoms with E-state index in [2.05, 4.69) is 10.3 Å². The Bertz CT molecular complexity index is 713. The largest absolute Gasteiger partial charge is 0.506 e. The van der Waals surface area contributed by atoms with Crippen LogP contribution < -0.4 is 5.32 Å². The molecule has 1 aromatic carbocycles. The summed E-state index contributed by atoms with van der Waals surface area (Å²) in [7, 11) is 0. The van der Waals surface area contributed by atoms with Gasteiger partial charge in [0.15, 0.2) is 0 Å². The molecule has 0 atom stereocenters. The zero-order valence-corrected chi connectivity index (χ0v) is 11.6. The fraction of sp³-hybridized carbons (Fsp3) is 0.0769. The van der Waals surface area contributed by atoms with Gasteiger partial charge in [0.1, 0.15) is 10.9 Å². The molecule has 0 radical (unpaired) electrons. The molecule has 2 rings (SSSR count). The zero-order chi connectivity index (χ0) is 15.6. The maximum absolute atomic E-state index is 12.0. The van der Waals surface area contributed by atoms with Crippen LogP contribution in [0.3, 0.4) is 0 Å². The van der Waals surface area contributed by atoms with Gasteiger partial charge in [0.2, 0.25) is 0 Å². The second-order valence-corrected chi connectivity index (χ2v) is 4.62. The summed E-state index contributed by atoms with van der Waals surface area (Å²) < 4.78 is 0. The fourth-order valence-corrected chi connectivity index (χ4v) is 1.94. The molecule has 1 amide bonds. The molecule has 7 nitrogen and oxygen atoms in total. The van der Waals surface area contributed by atoms with Gasteiger partial charge in [-0.15, -0.1) is 0 Å². The molecule has 0 fully saturated rings. The van der Waals surface area contributed by atoms with E-state index in [9.17, 15) is 20.0 Å². The average Bonchev–Trinajstić information content (AvgIpc) is 2.39. The van der Waals surface area contributed by atoms with Crippen molar-refractivity contribution in [3.8, 4) is 5.75 Å². The summed E-state index contributed by atoms with van der Waals surface area (Å²) in [5.74, 6) is -0.902. The molecule has 0 saturated heterocycles. The summed E-state index contributed by atoms with van der Waals surface area (Å²) in [5.41, 5.74) is 0.635. The normalized spacial score (nSPS) is 10.2. The lowest BCUT2D eigenvalue weighted by Gasteiger charge is -2.08. The molecule has 2 N–H and O–H groups in total. The smallest absolute Gasteiger partial charge is 0.273 e. The number of rotatable bonds is 3. The number of aromatic hydroxyl groups is 1. The Balaban J connectivity index is 2.25. The molecule has 0 unspecified atom stereocenters. The summed E-state index contributed by atoms with van der Waals surface area (Å²) >= 11 is 5.77. The van der Waals surface area contributed by atoms with Crippen molar-refractivity contribution in [2.75, 3.05) is 5.32 Å². The van der Waals surface area contributed by atoms with E-state index in [-0.39, 0.29) is 22.1 Å². The third-order valence-electron chi connectivity index (χ3n) is 2.62. The summed E-state index contributed by atoms with van der Waals surface area (Å²) in [6.45, 7) is 1.69. The molecule has 2 aromatic rings. The maximum atomic E-state index is 12.0. The Labute approximate surface area is 124 Å². The van der Waals surface area contributed by atoms with Crippen LogP contribution in [0, 0.1) is 17.0 Å². The summed E-state index contributed by atoms with van der Waals surface area (Å²) in [6.07, 6.45) is 0. The van der Waals surface area contributed by atoms with E-state index in [1.165, 1.54) is 24.3 Å². The van der Waals surface area contributed by atoms with Gasteiger partial charge < -0.3 is 10.4 Å². The van der Waals surface area contributed by atoms with Crippen LogP contribution in [-0.2, 0) is 0 Å². The number of nitrogens with one attached hydrogen (secondary N) is 1. The molecule has 1 heterocycles. The van der Waals surface area contributed by atoms with Crippen molar-refractivity contribution < 1.29 is 14.8 Å². The van der Waals surface area contributed by atoms with Crippen molar-refractivity contribution in [3.63, 3.8) is 0 Å². The molecule has 1 aromatic heterocycles. The minimum atomic E-state index is -0.642. The Hall–Kier alpha value is -2.67. The molecule has 0 aliphatic carbocycles. The third-order valence-corrected chi connectivity index (χ3v) is 2.82. The highest BCUT2D eigenvalue weighted by Crippen LogP contribution is 2.28. The van der Waals surface area contributed by atoms with Gasteiger partial charge in [0, 0.05) is 17.3 Å². The second-order valence-electron chi connectivity index (χ2n) is 4.23. The Morgan fingerprint density at radius 1 is 1.38 bits per heavy atom. The van der Waals surface area contributed by atoms with Crippen LogP contribution in [0.4, 0.5) is 11.4 Å². The number of phenolic OH excluding ortho intramolecular Hbond substituents is 1. The molecule has 0 aliphatic rings. The van der Waals surface area contributed by atoms with E-state index in [1.54, 1.807) is 6.92 Å². The number of aryl methyl sites for hydroxylation is 1. The van der Waals surface area contributed by atoms with Crippen molar-refractivity contribution in [2.24, 2.45) is 0 Å². The highest BCUT2D eigenvalue weighted by atomic mass is 35.5. The highest BCUT2D eigenvalue weighted by molar-refractivity contribution is 6.29. The second kappa shape index (κ2) is 5.76. The molecule has 108 valence electrons. The number of nitro benzene ring substituents is 1. The topological polar surface area (TPSA) is 105 Å². The number of anilines is 1. The molecular formula is C13H10ClN3O4. The Kier molecular flexibility index (Phi) is 4.04. The summed E-state index contributed by atoms with van der Waals surface area (Å²) in [4.78, 5) is 25.9. The van der Waals surface area contributed by atoms with Crippen LogP contribution in [0.5, 0.6) is 5.75 Å². The van der Waals surface area contributed by atoms with Crippen molar-refractivity contribution in [3.05, 3.63) is 56.9 Å². The first kappa shape index (κ1) is 14.7. The van der Waals surface area contributed by atoms with Crippen molar-refractivity contribution >= 4 is 28.9 Å². The predicted octanol–water partition coefficient (Wildman–Crippen LogP) is 2.91. The van der Waals surface area contributed by atoms with Crippen LogP contribution in [0.2, 0.25) is 5.15 Å². The van der Waals surface area contributed by atoms with Crippen LogP contribution in [0.1, 0.15) is 16.1 Å². The highest BCUT2D eigenvalue weighted by Gasteiger charge is 2.14. The number of non-ortho nitro benzene ring substituents is 1. The number of nitrogens with zero attached hydrogens (tertiary/aromatic N) is 2.